The van der Waals surface area contributed by atoms with Crippen LogP contribution in [0.1, 0.15) is 12.8 Å². The fraction of sp³-hybridized carbons (Fsp3) is 0.571. The number of quaternary nitrogens is 1. The number of likely N-dealkylation sites (tertiary alicyclic amines) is 1. The molecule has 3 rings (SSSR count). The summed E-state index contributed by atoms with van der Waals surface area (Å²) in [6.07, 6.45) is 3.20. The topological polar surface area (TPSA) is 64.9 Å². The summed E-state index contributed by atoms with van der Waals surface area (Å²) in [5.74, 6) is 0.112. The van der Waals surface area contributed by atoms with E-state index in [1.54, 1.807) is 12.1 Å². The molecule has 2 aliphatic rings. The number of anilines is 1. The number of carbonyl (C=O) groups excluding carboxylic acids is 1. The third-order valence-corrected chi connectivity index (χ3v) is 4.16. The van der Waals surface area contributed by atoms with E-state index < -0.39 is 0 Å². The predicted octanol–water partition coefficient (Wildman–Crippen LogP) is 0.0953. The highest BCUT2D eigenvalue weighted by molar-refractivity contribution is 6.30. The van der Waals surface area contributed by atoms with Crippen molar-refractivity contribution in [3.63, 3.8) is 0 Å². The van der Waals surface area contributed by atoms with Gasteiger partial charge in [-0.3, -0.25) is 4.79 Å². The van der Waals surface area contributed by atoms with Crippen molar-refractivity contribution in [2.75, 3.05) is 38.2 Å². The summed E-state index contributed by atoms with van der Waals surface area (Å²) in [7, 11) is 0. The molecule has 114 valence electrons. The molecule has 0 saturated carbocycles. The van der Waals surface area contributed by atoms with Gasteiger partial charge in [0.15, 0.2) is 12.3 Å². The number of rotatable bonds is 3. The number of nitrogens with zero attached hydrogens (tertiary/aromatic N) is 1. The lowest BCUT2D eigenvalue weighted by molar-refractivity contribution is -0.900. The van der Waals surface area contributed by atoms with Gasteiger partial charge >= 0.3 is 0 Å². The van der Waals surface area contributed by atoms with Crippen LogP contribution in [0.5, 0.6) is 0 Å². The monoisotopic (exact) mass is 312 g/mol. The summed E-state index contributed by atoms with van der Waals surface area (Å²) < 4.78 is 11.4. The zero-order valence-electron chi connectivity index (χ0n) is 11.7. The first kappa shape index (κ1) is 14.7. The van der Waals surface area contributed by atoms with Crippen molar-refractivity contribution in [2.45, 2.75) is 18.6 Å². The molecule has 2 aliphatic heterocycles. The van der Waals surface area contributed by atoms with Gasteiger partial charge < -0.3 is 19.7 Å². The van der Waals surface area contributed by atoms with Gasteiger partial charge in [0.25, 0.3) is 5.91 Å². The number of halogens is 1. The highest BCUT2D eigenvalue weighted by atomic mass is 35.5. The highest BCUT2D eigenvalue weighted by Crippen LogP contribution is 2.27. The molecule has 21 heavy (non-hydrogen) atoms. The second-order valence-corrected chi connectivity index (χ2v) is 5.88. The molecular formula is C14H19ClN3O3+. The van der Waals surface area contributed by atoms with E-state index in [0.29, 0.717) is 30.6 Å². The van der Waals surface area contributed by atoms with Crippen LogP contribution in [0.2, 0.25) is 5.02 Å². The summed E-state index contributed by atoms with van der Waals surface area (Å²) in [6, 6.07) is 3.40. The van der Waals surface area contributed by atoms with Crippen LogP contribution in [0.15, 0.2) is 18.3 Å². The molecule has 0 aliphatic carbocycles. The Bertz CT molecular complexity index is 493. The minimum absolute atomic E-state index is 0.0379. The van der Waals surface area contributed by atoms with Crippen LogP contribution in [0.25, 0.3) is 0 Å². The number of nitrogens with one attached hydrogen (secondary N) is 2. The molecule has 6 nitrogen and oxygen atoms in total. The number of hydrogen-bond acceptors (Lipinski definition) is 4. The maximum atomic E-state index is 12.0. The van der Waals surface area contributed by atoms with Gasteiger partial charge in [0.05, 0.1) is 44.2 Å². The minimum atomic E-state index is -0.377. The summed E-state index contributed by atoms with van der Waals surface area (Å²) in [4.78, 5) is 17.3. The molecule has 1 aromatic heterocycles. The van der Waals surface area contributed by atoms with Gasteiger partial charge in [0.1, 0.15) is 5.82 Å². The molecular weight excluding hydrogens is 294 g/mol. The predicted molar refractivity (Wildman–Crippen MR) is 77.3 cm³/mol. The Balaban J connectivity index is 1.46. The molecule has 0 bridgehead atoms. The third kappa shape index (κ3) is 3.71. The van der Waals surface area contributed by atoms with Gasteiger partial charge in [-0.1, -0.05) is 11.6 Å². The number of piperidine rings is 1. The average Bonchev–Trinajstić information content (AvgIpc) is 2.93. The van der Waals surface area contributed by atoms with Crippen LogP contribution >= 0.6 is 11.6 Å². The van der Waals surface area contributed by atoms with Crippen LogP contribution in [-0.2, 0) is 14.3 Å². The van der Waals surface area contributed by atoms with E-state index >= 15 is 0 Å². The summed E-state index contributed by atoms with van der Waals surface area (Å²) in [6.45, 7) is 3.54. The van der Waals surface area contributed by atoms with Crippen molar-refractivity contribution < 1.29 is 19.2 Å². The lowest BCUT2D eigenvalue weighted by Gasteiger charge is -2.34. The highest BCUT2D eigenvalue weighted by Gasteiger charge is 2.41. The first-order valence-corrected chi connectivity index (χ1v) is 7.56. The number of pyridine rings is 1. The minimum Gasteiger partial charge on any atom is -0.347 e. The average molecular weight is 313 g/mol. The Kier molecular flexibility index (Phi) is 4.40. The molecule has 0 atom stereocenters. The van der Waals surface area contributed by atoms with Crippen LogP contribution in [-0.4, -0.2) is 49.5 Å². The maximum Gasteiger partial charge on any atom is 0.280 e. The van der Waals surface area contributed by atoms with Crippen LogP contribution < -0.4 is 10.2 Å². The Labute approximate surface area is 128 Å². The zero-order valence-corrected chi connectivity index (χ0v) is 12.5. The van der Waals surface area contributed by atoms with Crippen molar-refractivity contribution >= 4 is 23.3 Å². The van der Waals surface area contributed by atoms with E-state index in [0.717, 1.165) is 25.9 Å². The molecule has 1 spiro atoms. The summed E-state index contributed by atoms with van der Waals surface area (Å²) >= 11 is 5.76. The molecule has 0 radical (unpaired) electrons. The third-order valence-electron chi connectivity index (χ3n) is 3.94. The Hall–Kier alpha value is -1.21. The van der Waals surface area contributed by atoms with E-state index in [2.05, 4.69) is 10.3 Å². The fourth-order valence-corrected chi connectivity index (χ4v) is 2.92. The van der Waals surface area contributed by atoms with Gasteiger partial charge in [0, 0.05) is 6.20 Å². The molecule has 2 fully saturated rings. The Morgan fingerprint density at radius 2 is 2.05 bits per heavy atom. The molecule has 1 amide bonds. The van der Waals surface area contributed by atoms with Crippen LogP contribution in [0.3, 0.4) is 0 Å². The number of carbonyl (C=O) groups is 1. The molecule has 7 heteroatoms. The van der Waals surface area contributed by atoms with E-state index in [1.165, 1.54) is 11.1 Å². The summed E-state index contributed by atoms with van der Waals surface area (Å²) in [5, 5.41) is 3.34. The number of ether oxygens (including phenoxy) is 2. The Morgan fingerprint density at radius 3 is 2.67 bits per heavy atom. The molecule has 2 N–H and O–H groups in total. The van der Waals surface area contributed by atoms with E-state index in [-0.39, 0.29) is 11.7 Å². The van der Waals surface area contributed by atoms with E-state index in [4.69, 9.17) is 21.1 Å². The zero-order chi connectivity index (χ0) is 14.7. The molecule has 1 aromatic rings. The van der Waals surface area contributed by atoms with Gasteiger partial charge in [-0.05, 0) is 12.1 Å². The number of aromatic nitrogens is 1. The smallest absolute Gasteiger partial charge is 0.280 e. The van der Waals surface area contributed by atoms with Gasteiger partial charge in [-0.15, -0.1) is 0 Å². The van der Waals surface area contributed by atoms with Crippen molar-refractivity contribution in [3.05, 3.63) is 23.4 Å². The van der Waals surface area contributed by atoms with Gasteiger partial charge in [-0.2, -0.15) is 0 Å². The van der Waals surface area contributed by atoms with Crippen molar-refractivity contribution in [2.24, 2.45) is 0 Å². The Morgan fingerprint density at radius 1 is 1.33 bits per heavy atom. The molecule has 2 saturated heterocycles. The molecule has 0 aromatic carbocycles. The standard InChI is InChI=1S/C14H18ClN3O3/c15-11-1-2-12(16-9-11)17-13(19)10-18-5-3-14(4-6-18)20-7-8-21-14/h1-2,9H,3-8,10H2,(H,16,17,19)/p+1. The lowest BCUT2D eigenvalue weighted by Crippen LogP contribution is -3.14. The van der Waals surface area contributed by atoms with E-state index in [1.807, 2.05) is 0 Å². The number of hydrogen-bond donors (Lipinski definition) is 2. The van der Waals surface area contributed by atoms with Crippen LogP contribution in [0, 0.1) is 0 Å². The second kappa shape index (κ2) is 6.27. The first-order chi connectivity index (χ1) is 10.2. The second-order valence-electron chi connectivity index (χ2n) is 5.44. The fourth-order valence-electron chi connectivity index (χ4n) is 2.81. The molecule has 3 heterocycles. The van der Waals surface area contributed by atoms with Crippen LogP contribution in [0.4, 0.5) is 5.82 Å². The van der Waals surface area contributed by atoms with Crippen molar-refractivity contribution in [3.8, 4) is 0 Å². The lowest BCUT2D eigenvalue weighted by atomic mass is 10.0. The quantitative estimate of drug-likeness (QED) is 0.830. The normalized spacial score (nSPS) is 21.6. The largest absolute Gasteiger partial charge is 0.347 e. The first-order valence-electron chi connectivity index (χ1n) is 7.18. The SMILES string of the molecule is O=C(C[NH+]1CCC2(CC1)OCCO2)Nc1ccc(Cl)cn1. The number of amides is 1. The molecule has 0 unspecified atom stereocenters. The van der Waals surface area contributed by atoms with Crippen molar-refractivity contribution in [1.82, 2.24) is 4.98 Å². The van der Waals surface area contributed by atoms with Gasteiger partial charge in [-0.25, -0.2) is 4.98 Å². The maximum absolute atomic E-state index is 12.0. The van der Waals surface area contributed by atoms with E-state index in [9.17, 15) is 4.79 Å². The summed E-state index contributed by atoms with van der Waals surface area (Å²) in [5.41, 5.74) is 0. The van der Waals surface area contributed by atoms with Gasteiger partial charge in [0.2, 0.25) is 0 Å². The van der Waals surface area contributed by atoms with Crippen molar-refractivity contribution in [1.29, 1.82) is 0 Å².